The zero-order valence-corrected chi connectivity index (χ0v) is 9.35. The van der Waals surface area contributed by atoms with Gasteiger partial charge in [-0.25, -0.2) is 4.39 Å². The summed E-state index contributed by atoms with van der Waals surface area (Å²) in [6, 6.07) is 3.42. The first kappa shape index (κ1) is 13.1. The molecule has 1 fully saturated rings. The summed E-state index contributed by atoms with van der Waals surface area (Å²) in [7, 11) is 0. The van der Waals surface area contributed by atoms with Gasteiger partial charge in [0.05, 0.1) is 0 Å². The third-order valence-corrected chi connectivity index (χ3v) is 2.62. The van der Waals surface area contributed by atoms with Crippen LogP contribution in [0, 0.1) is 5.82 Å². The molecule has 1 aromatic carbocycles. The van der Waals surface area contributed by atoms with Crippen molar-refractivity contribution in [3.05, 3.63) is 29.6 Å². The fraction of sp³-hybridized carbons (Fsp3) is 0.455. The van der Waals surface area contributed by atoms with Gasteiger partial charge in [0.1, 0.15) is 11.6 Å². The van der Waals surface area contributed by atoms with E-state index in [0.29, 0.717) is 5.56 Å². The van der Waals surface area contributed by atoms with Crippen LogP contribution >= 0.6 is 0 Å². The zero-order valence-electron chi connectivity index (χ0n) is 9.35. The summed E-state index contributed by atoms with van der Waals surface area (Å²) in [4.78, 5) is 0. The number of alkyl halides is 3. The van der Waals surface area contributed by atoms with Crippen LogP contribution in [0.1, 0.15) is 5.56 Å². The molecular weight excluding hydrogens is 252 g/mol. The van der Waals surface area contributed by atoms with Gasteiger partial charge in [-0.15, -0.1) is 13.2 Å². The molecule has 0 unspecified atom stereocenters. The molecule has 7 heteroatoms. The van der Waals surface area contributed by atoms with E-state index in [1.807, 2.05) is 0 Å². The van der Waals surface area contributed by atoms with Gasteiger partial charge in [0.15, 0.2) is 0 Å². The maximum absolute atomic E-state index is 13.5. The van der Waals surface area contributed by atoms with Crippen LogP contribution in [0.2, 0.25) is 0 Å². The Labute approximate surface area is 101 Å². The van der Waals surface area contributed by atoms with Crippen LogP contribution in [0.4, 0.5) is 17.6 Å². The first-order chi connectivity index (χ1) is 8.44. The number of hydrogen-bond donors (Lipinski definition) is 2. The lowest BCUT2D eigenvalue weighted by Gasteiger charge is -2.28. The Balaban J connectivity index is 1.95. The molecule has 0 spiro atoms. The minimum atomic E-state index is -4.80. The van der Waals surface area contributed by atoms with Gasteiger partial charge < -0.3 is 15.4 Å². The van der Waals surface area contributed by atoms with Crippen LogP contribution in [-0.2, 0) is 6.54 Å². The van der Waals surface area contributed by atoms with E-state index in [4.69, 9.17) is 0 Å². The zero-order chi connectivity index (χ0) is 13.2. The minimum Gasteiger partial charge on any atom is -0.406 e. The Morgan fingerprint density at radius 3 is 2.56 bits per heavy atom. The summed E-state index contributed by atoms with van der Waals surface area (Å²) >= 11 is 0. The molecule has 0 saturated carbocycles. The molecule has 1 aliphatic heterocycles. The Kier molecular flexibility index (Phi) is 3.72. The fourth-order valence-electron chi connectivity index (χ4n) is 1.56. The summed E-state index contributed by atoms with van der Waals surface area (Å²) in [5.41, 5.74) is 0.316. The summed E-state index contributed by atoms with van der Waals surface area (Å²) in [6.45, 7) is 1.91. The average molecular weight is 264 g/mol. The smallest absolute Gasteiger partial charge is 0.406 e. The molecule has 0 atom stereocenters. The first-order valence-corrected chi connectivity index (χ1v) is 5.42. The summed E-state index contributed by atoms with van der Waals surface area (Å²) in [5.74, 6) is -1.26. The normalized spacial score (nSPS) is 16.4. The summed E-state index contributed by atoms with van der Waals surface area (Å²) in [5, 5.41) is 6.12. The highest BCUT2D eigenvalue weighted by molar-refractivity contribution is 5.29. The quantitative estimate of drug-likeness (QED) is 0.813. The maximum atomic E-state index is 13.5. The number of hydrogen-bond acceptors (Lipinski definition) is 3. The average Bonchev–Trinajstić information content (AvgIpc) is 2.16. The van der Waals surface area contributed by atoms with Crippen LogP contribution < -0.4 is 15.4 Å². The highest BCUT2D eigenvalue weighted by Gasteiger charge is 2.31. The molecule has 0 amide bonds. The van der Waals surface area contributed by atoms with E-state index >= 15 is 0 Å². The predicted molar refractivity (Wildman–Crippen MR) is 56.6 cm³/mol. The van der Waals surface area contributed by atoms with Crippen molar-refractivity contribution in [2.75, 3.05) is 13.1 Å². The highest BCUT2D eigenvalue weighted by Crippen LogP contribution is 2.24. The Hall–Kier alpha value is -1.34. The van der Waals surface area contributed by atoms with Gasteiger partial charge >= 0.3 is 6.36 Å². The minimum absolute atomic E-state index is 0.282. The molecule has 2 N–H and O–H groups in total. The number of nitrogens with one attached hydrogen (secondary N) is 2. The lowest BCUT2D eigenvalue weighted by molar-refractivity contribution is -0.274. The summed E-state index contributed by atoms with van der Waals surface area (Å²) in [6.07, 6.45) is -4.80. The van der Waals surface area contributed by atoms with Crippen molar-refractivity contribution < 1.29 is 22.3 Å². The Morgan fingerprint density at radius 2 is 2.06 bits per heavy atom. The van der Waals surface area contributed by atoms with Crippen LogP contribution in [0.25, 0.3) is 0 Å². The van der Waals surface area contributed by atoms with E-state index in [1.165, 1.54) is 6.07 Å². The molecule has 3 nitrogen and oxygen atoms in total. The molecular formula is C11H12F4N2O. The Morgan fingerprint density at radius 1 is 1.33 bits per heavy atom. The van der Waals surface area contributed by atoms with Gasteiger partial charge in [-0.1, -0.05) is 6.07 Å². The van der Waals surface area contributed by atoms with E-state index < -0.39 is 17.9 Å². The van der Waals surface area contributed by atoms with Gasteiger partial charge in [0, 0.05) is 37.3 Å². The van der Waals surface area contributed by atoms with Gasteiger partial charge in [0.2, 0.25) is 0 Å². The van der Waals surface area contributed by atoms with Gasteiger partial charge in [0.25, 0.3) is 0 Å². The second-order valence-electron chi connectivity index (χ2n) is 4.04. The van der Waals surface area contributed by atoms with E-state index in [1.54, 1.807) is 0 Å². The van der Waals surface area contributed by atoms with E-state index in [-0.39, 0.29) is 12.6 Å². The predicted octanol–water partition coefficient (Wildman–Crippen LogP) is 1.79. The number of halogens is 4. The molecule has 100 valence electrons. The molecule has 1 aliphatic rings. The van der Waals surface area contributed by atoms with E-state index in [2.05, 4.69) is 15.4 Å². The third kappa shape index (κ3) is 3.58. The van der Waals surface area contributed by atoms with Crippen molar-refractivity contribution in [2.24, 2.45) is 0 Å². The highest BCUT2D eigenvalue weighted by atomic mass is 19.4. The molecule has 0 bridgehead atoms. The molecule has 1 saturated heterocycles. The van der Waals surface area contributed by atoms with Crippen molar-refractivity contribution in [2.45, 2.75) is 18.9 Å². The van der Waals surface area contributed by atoms with E-state index in [9.17, 15) is 17.6 Å². The van der Waals surface area contributed by atoms with Crippen molar-refractivity contribution >= 4 is 0 Å². The SMILES string of the molecule is Fc1cc(OC(F)(F)F)ccc1CNC1CNC1. The van der Waals surface area contributed by atoms with Crippen LogP contribution in [0.15, 0.2) is 18.2 Å². The van der Waals surface area contributed by atoms with Crippen molar-refractivity contribution in [3.63, 3.8) is 0 Å². The second kappa shape index (κ2) is 5.11. The number of benzene rings is 1. The molecule has 18 heavy (non-hydrogen) atoms. The summed E-state index contributed by atoms with van der Waals surface area (Å²) < 4.78 is 52.9. The maximum Gasteiger partial charge on any atom is 0.573 e. The van der Waals surface area contributed by atoms with Crippen molar-refractivity contribution in [1.29, 1.82) is 0 Å². The van der Waals surface area contributed by atoms with Crippen LogP contribution in [-0.4, -0.2) is 25.5 Å². The van der Waals surface area contributed by atoms with Crippen LogP contribution in [0.5, 0.6) is 5.75 Å². The molecule has 0 radical (unpaired) electrons. The Bertz CT molecular complexity index is 418. The second-order valence-corrected chi connectivity index (χ2v) is 4.04. The van der Waals surface area contributed by atoms with Gasteiger partial charge in [-0.2, -0.15) is 0 Å². The number of rotatable bonds is 4. The lowest BCUT2D eigenvalue weighted by Crippen LogP contribution is -2.55. The molecule has 0 aliphatic carbocycles. The van der Waals surface area contributed by atoms with Gasteiger partial charge in [-0.05, 0) is 6.07 Å². The lowest BCUT2D eigenvalue weighted by atomic mass is 10.1. The monoisotopic (exact) mass is 264 g/mol. The number of ether oxygens (including phenoxy) is 1. The van der Waals surface area contributed by atoms with E-state index in [0.717, 1.165) is 25.2 Å². The van der Waals surface area contributed by atoms with Gasteiger partial charge in [-0.3, -0.25) is 0 Å². The molecule has 0 aromatic heterocycles. The molecule has 2 rings (SSSR count). The topological polar surface area (TPSA) is 33.3 Å². The molecule has 1 heterocycles. The fourth-order valence-corrected chi connectivity index (χ4v) is 1.56. The molecule has 1 aromatic rings. The standard InChI is InChI=1S/C11H12F4N2O/c12-10-3-9(18-11(13,14)15)2-1-7(10)4-17-8-5-16-6-8/h1-3,8,16-17H,4-6H2. The van der Waals surface area contributed by atoms with Crippen LogP contribution in [0.3, 0.4) is 0 Å². The third-order valence-electron chi connectivity index (χ3n) is 2.62. The largest absolute Gasteiger partial charge is 0.573 e. The van der Waals surface area contributed by atoms with Crippen molar-refractivity contribution in [1.82, 2.24) is 10.6 Å². The van der Waals surface area contributed by atoms with Crippen molar-refractivity contribution in [3.8, 4) is 5.75 Å². The first-order valence-electron chi connectivity index (χ1n) is 5.42.